The zero-order valence-corrected chi connectivity index (χ0v) is 12.9. The minimum absolute atomic E-state index is 0.461. The Hall–Kier alpha value is -1.87. The van der Waals surface area contributed by atoms with Crippen LogP contribution >= 0.6 is 12.2 Å². The van der Waals surface area contributed by atoms with E-state index in [-0.39, 0.29) is 0 Å². The third kappa shape index (κ3) is 2.12. The zero-order chi connectivity index (χ0) is 14.4. The van der Waals surface area contributed by atoms with Crippen LogP contribution < -0.4 is 0 Å². The van der Waals surface area contributed by atoms with Crippen LogP contribution in [0.2, 0.25) is 0 Å². The molecule has 3 heteroatoms. The number of H-pyrrole nitrogens is 1. The van der Waals surface area contributed by atoms with Gasteiger partial charge in [-0.3, -0.25) is 0 Å². The van der Waals surface area contributed by atoms with Crippen molar-refractivity contribution in [3.05, 3.63) is 63.9 Å². The first kappa shape index (κ1) is 12.8. The lowest BCUT2D eigenvalue weighted by Crippen LogP contribution is -2.18. The van der Waals surface area contributed by atoms with E-state index >= 15 is 0 Å². The van der Waals surface area contributed by atoms with Crippen molar-refractivity contribution in [2.24, 2.45) is 0 Å². The fraction of sp³-hybridized carbons (Fsp3) is 0.278. The molecule has 3 aromatic rings. The van der Waals surface area contributed by atoms with Gasteiger partial charge in [-0.05, 0) is 67.2 Å². The Morgan fingerprint density at radius 2 is 1.95 bits per heavy atom. The van der Waals surface area contributed by atoms with E-state index in [4.69, 9.17) is 12.2 Å². The molecule has 0 fully saturated rings. The van der Waals surface area contributed by atoms with E-state index in [2.05, 4.69) is 58.9 Å². The highest BCUT2D eigenvalue weighted by Crippen LogP contribution is 2.31. The Labute approximate surface area is 129 Å². The van der Waals surface area contributed by atoms with Crippen molar-refractivity contribution in [1.29, 1.82) is 0 Å². The topological polar surface area (TPSA) is 20.7 Å². The Balaban J connectivity index is 1.83. The molecule has 106 valence electrons. The molecule has 0 saturated carbocycles. The molecule has 0 radical (unpaired) electrons. The number of fused-ring (bicyclic) bond motifs is 2. The van der Waals surface area contributed by atoms with Gasteiger partial charge in [-0.2, -0.15) is 0 Å². The van der Waals surface area contributed by atoms with Gasteiger partial charge in [-0.25, -0.2) is 0 Å². The molecule has 0 spiro atoms. The van der Waals surface area contributed by atoms with Crippen molar-refractivity contribution >= 4 is 23.3 Å². The Kier molecular flexibility index (Phi) is 2.96. The van der Waals surface area contributed by atoms with E-state index in [9.17, 15) is 0 Å². The number of aromatic nitrogens is 2. The molecule has 21 heavy (non-hydrogen) atoms. The van der Waals surface area contributed by atoms with Crippen LogP contribution in [0.5, 0.6) is 0 Å². The summed E-state index contributed by atoms with van der Waals surface area (Å²) in [5.74, 6) is 0. The maximum absolute atomic E-state index is 5.58. The third-order valence-corrected chi connectivity index (χ3v) is 4.86. The second-order valence-corrected chi connectivity index (χ2v) is 6.37. The minimum Gasteiger partial charge on any atom is -0.331 e. The van der Waals surface area contributed by atoms with Crippen LogP contribution in [0.3, 0.4) is 0 Å². The number of imidazole rings is 1. The summed E-state index contributed by atoms with van der Waals surface area (Å²) in [6.45, 7) is 2.13. The number of nitrogens with one attached hydrogen (secondary N) is 1. The third-order valence-electron chi connectivity index (χ3n) is 4.56. The van der Waals surface area contributed by atoms with E-state index in [1.165, 1.54) is 22.2 Å². The van der Waals surface area contributed by atoms with Crippen molar-refractivity contribution in [3.63, 3.8) is 0 Å². The molecule has 2 nitrogen and oxygen atoms in total. The Morgan fingerprint density at radius 1 is 1.14 bits per heavy atom. The number of nitrogens with zero attached hydrogens (tertiary/aromatic N) is 1. The van der Waals surface area contributed by atoms with Gasteiger partial charge in [-0.15, -0.1) is 0 Å². The molecule has 0 amide bonds. The Morgan fingerprint density at radius 3 is 2.81 bits per heavy atom. The first-order valence-electron chi connectivity index (χ1n) is 7.50. The van der Waals surface area contributed by atoms with Gasteiger partial charge in [0.25, 0.3) is 0 Å². The molecule has 1 unspecified atom stereocenters. The fourth-order valence-electron chi connectivity index (χ4n) is 3.49. The summed E-state index contributed by atoms with van der Waals surface area (Å²) in [4.78, 5) is 3.35. The fourth-order valence-corrected chi connectivity index (χ4v) is 3.85. The number of hydrogen-bond donors (Lipinski definition) is 1. The minimum atomic E-state index is 0.461. The van der Waals surface area contributed by atoms with Gasteiger partial charge in [0.05, 0.1) is 11.0 Å². The monoisotopic (exact) mass is 294 g/mol. The predicted molar refractivity (Wildman–Crippen MR) is 89.4 cm³/mol. The summed E-state index contributed by atoms with van der Waals surface area (Å²) in [6.07, 6.45) is 3.37. The lowest BCUT2D eigenvalue weighted by Gasteiger charge is -2.26. The van der Waals surface area contributed by atoms with E-state index in [1.54, 1.807) is 0 Å². The quantitative estimate of drug-likeness (QED) is 0.643. The molecule has 4 rings (SSSR count). The lowest BCUT2D eigenvalue weighted by atomic mass is 9.88. The molecular formula is C18H18N2S. The van der Waals surface area contributed by atoms with Crippen LogP contribution in [-0.4, -0.2) is 9.55 Å². The van der Waals surface area contributed by atoms with Gasteiger partial charge >= 0.3 is 0 Å². The van der Waals surface area contributed by atoms with Crippen molar-refractivity contribution < 1.29 is 0 Å². The SMILES string of the molecule is Cc1ccc2[nH]c(=S)n(C3CCc4ccccc4C3)c2c1. The van der Waals surface area contributed by atoms with Crippen molar-refractivity contribution in [2.45, 2.75) is 32.2 Å². The average molecular weight is 294 g/mol. The molecule has 0 aliphatic heterocycles. The number of benzene rings is 2. The normalized spacial score (nSPS) is 17.9. The highest BCUT2D eigenvalue weighted by atomic mass is 32.1. The van der Waals surface area contributed by atoms with Crippen LogP contribution in [0.25, 0.3) is 11.0 Å². The van der Waals surface area contributed by atoms with Gasteiger partial charge in [0.2, 0.25) is 0 Å². The van der Waals surface area contributed by atoms with Crippen LogP contribution in [0.4, 0.5) is 0 Å². The van der Waals surface area contributed by atoms with Gasteiger partial charge in [0.1, 0.15) is 0 Å². The van der Waals surface area contributed by atoms with Crippen LogP contribution in [0.15, 0.2) is 42.5 Å². The molecule has 1 aliphatic rings. The van der Waals surface area contributed by atoms with Gasteiger partial charge in [0, 0.05) is 6.04 Å². The smallest absolute Gasteiger partial charge is 0.178 e. The maximum atomic E-state index is 5.58. The molecule has 0 bridgehead atoms. The van der Waals surface area contributed by atoms with Gasteiger partial charge in [-0.1, -0.05) is 30.3 Å². The summed E-state index contributed by atoms with van der Waals surface area (Å²) in [7, 11) is 0. The summed E-state index contributed by atoms with van der Waals surface area (Å²) >= 11 is 5.58. The number of hydrogen-bond acceptors (Lipinski definition) is 1. The summed E-state index contributed by atoms with van der Waals surface area (Å²) in [5.41, 5.74) is 6.63. The molecule has 1 heterocycles. The first-order chi connectivity index (χ1) is 10.2. The maximum Gasteiger partial charge on any atom is 0.178 e. The van der Waals surface area contributed by atoms with E-state index < -0.39 is 0 Å². The summed E-state index contributed by atoms with van der Waals surface area (Å²) in [5, 5.41) is 0. The van der Waals surface area contributed by atoms with Crippen LogP contribution in [0.1, 0.15) is 29.2 Å². The molecule has 0 saturated heterocycles. The summed E-state index contributed by atoms with van der Waals surface area (Å²) in [6, 6.07) is 15.8. The van der Waals surface area contributed by atoms with Crippen molar-refractivity contribution in [1.82, 2.24) is 9.55 Å². The van der Waals surface area contributed by atoms with Crippen molar-refractivity contribution in [3.8, 4) is 0 Å². The van der Waals surface area contributed by atoms with E-state index in [0.717, 1.165) is 29.6 Å². The summed E-state index contributed by atoms with van der Waals surface area (Å²) < 4.78 is 3.17. The van der Waals surface area contributed by atoms with Gasteiger partial charge < -0.3 is 9.55 Å². The predicted octanol–water partition coefficient (Wildman–Crippen LogP) is 4.74. The lowest BCUT2D eigenvalue weighted by molar-refractivity contribution is 0.448. The van der Waals surface area contributed by atoms with Crippen LogP contribution in [-0.2, 0) is 12.8 Å². The molecule has 1 aromatic heterocycles. The first-order valence-corrected chi connectivity index (χ1v) is 7.91. The number of aryl methyl sites for hydroxylation is 2. The molecule has 2 aromatic carbocycles. The zero-order valence-electron chi connectivity index (χ0n) is 12.1. The highest BCUT2D eigenvalue weighted by molar-refractivity contribution is 7.71. The van der Waals surface area contributed by atoms with Crippen LogP contribution in [0, 0.1) is 11.7 Å². The molecular weight excluding hydrogens is 276 g/mol. The number of rotatable bonds is 1. The second kappa shape index (κ2) is 4.85. The Bertz CT molecular complexity index is 872. The molecule has 1 atom stereocenters. The second-order valence-electron chi connectivity index (χ2n) is 5.99. The largest absolute Gasteiger partial charge is 0.331 e. The number of aromatic amines is 1. The molecule has 1 aliphatic carbocycles. The standard InChI is InChI=1S/C18H18N2S/c1-12-6-9-16-17(10-12)20(18(21)19-16)15-8-7-13-4-2-3-5-14(13)11-15/h2-6,9-10,15H,7-8,11H2,1H3,(H,19,21). The molecule has 1 N–H and O–H groups in total. The average Bonchev–Trinajstić information content (AvgIpc) is 2.82. The van der Waals surface area contributed by atoms with E-state index in [0.29, 0.717) is 6.04 Å². The van der Waals surface area contributed by atoms with Crippen molar-refractivity contribution in [2.75, 3.05) is 0 Å². The van der Waals surface area contributed by atoms with Gasteiger partial charge in [0.15, 0.2) is 4.77 Å². The highest BCUT2D eigenvalue weighted by Gasteiger charge is 2.21. The van der Waals surface area contributed by atoms with E-state index in [1.807, 2.05) is 0 Å².